The van der Waals surface area contributed by atoms with Gasteiger partial charge in [-0.25, -0.2) is 9.59 Å². The Bertz CT molecular complexity index is 770. The summed E-state index contributed by atoms with van der Waals surface area (Å²) in [5.41, 5.74) is -1.05. The zero-order chi connectivity index (χ0) is 17.9. The number of hydrogen-bond acceptors (Lipinski definition) is 4. The van der Waals surface area contributed by atoms with Gasteiger partial charge < -0.3 is 25.3 Å². The number of anilines is 1. The van der Waals surface area contributed by atoms with Gasteiger partial charge >= 0.3 is 12.0 Å². The highest BCUT2D eigenvalue weighted by atomic mass is 35.5. The van der Waals surface area contributed by atoms with E-state index in [4.69, 9.17) is 21.1 Å². The van der Waals surface area contributed by atoms with Gasteiger partial charge in [0.1, 0.15) is 11.5 Å². The third-order valence-corrected chi connectivity index (χ3v) is 3.52. The molecule has 0 saturated carbocycles. The molecule has 2 rings (SSSR count). The number of aliphatic carboxylic acids is 1. The van der Waals surface area contributed by atoms with Crippen LogP contribution in [0, 0.1) is 6.92 Å². The maximum atomic E-state index is 12.0. The zero-order valence-corrected chi connectivity index (χ0v) is 13.8. The maximum Gasteiger partial charge on any atom is 0.337 e. The lowest BCUT2D eigenvalue weighted by Gasteiger charge is -2.19. The lowest BCUT2D eigenvalue weighted by Crippen LogP contribution is -2.47. The van der Waals surface area contributed by atoms with Crippen LogP contribution in [0.3, 0.4) is 0 Å². The minimum atomic E-state index is -2.06. The number of carboxylic acids is 1. The smallest absolute Gasteiger partial charge is 0.337 e. The number of rotatable bonds is 5. The van der Waals surface area contributed by atoms with Crippen molar-refractivity contribution in [3.63, 3.8) is 0 Å². The van der Waals surface area contributed by atoms with Crippen molar-refractivity contribution in [1.82, 2.24) is 5.32 Å². The summed E-state index contributed by atoms with van der Waals surface area (Å²) in [5.74, 6) is -0.165. The van der Waals surface area contributed by atoms with Crippen LogP contribution in [0.5, 0.6) is 0 Å². The third-order valence-electron chi connectivity index (χ3n) is 3.29. The first-order valence-corrected chi connectivity index (χ1v) is 7.44. The van der Waals surface area contributed by atoms with Crippen LogP contribution < -0.4 is 10.6 Å². The van der Waals surface area contributed by atoms with Gasteiger partial charge in [-0.3, -0.25) is 0 Å². The zero-order valence-electron chi connectivity index (χ0n) is 13.1. The third kappa shape index (κ3) is 4.27. The highest BCUT2D eigenvalue weighted by Gasteiger charge is 2.30. The second-order valence-electron chi connectivity index (χ2n) is 5.49. The molecule has 1 atom stereocenters. The van der Waals surface area contributed by atoms with Gasteiger partial charge in [0.05, 0.1) is 12.2 Å². The van der Waals surface area contributed by atoms with Crippen LogP contribution in [-0.4, -0.2) is 34.4 Å². The highest BCUT2D eigenvalue weighted by molar-refractivity contribution is 6.31. The van der Waals surface area contributed by atoms with Crippen molar-refractivity contribution in [2.45, 2.75) is 19.4 Å². The molecule has 128 valence electrons. The number of amides is 2. The van der Waals surface area contributed by atoms with Crippen LogP contribution in [0.25, 0.3) is 11.3 Å². The van der Waals surface area contributed by atoms with Gasteiger partial charge in [-0.15, -0.1) is 0 Å². The first-order valence-electron chi connectivity index (χ1n) is 7.06. The largest absolute Gasteiger partial charge is 0.479 e. The lowest BCUT2D eigenvalue weighted by atomic mass is 10.1. The Morgan fingerprint density at radius 3 is 2.58 bits per heavy atom. The van der Waals surface area contributed by atoms with E-state index < -0.39 is 24.1 Å². The molecule has 0 aliphatic carbocycles. The van der Waals surface area contributed by atoms with Crippen molar-refractivity contribution in [2.24, 2.45) is 0 Å². The molecule has 1 aromatic heterocycles. The summed E-state index contributed by atoms with van der Waals surface area (Å²) in [6.07, 6.45) is 0. The number of urea groups is 1. The van der Waals surface area contributed by atoms with Crippen LogP contribution in [0.15, 0.2) is 34.7 Å². The van der Waals surface area contributed by atoms with Crippen molar-refractivity contribution >= 4 is 29.3 Å². The number of hydrogen-bond donors (Lipinski definition) is 4. The van der Waals surface area contributed by atoms with E-state index in [0.717, 1.165) is 6.92 Å². The molecular formula is C16H17ClN2O5. The Morgan fingerprint density at radius 2 is 2.00 bits per heavy atom. The summed E-state index contributed by atoms with van der Waals surface area (Å²) in [5, 5.41) is 23.7. The number of furan rings is 1. The number of carbonyl (C=O) groups excluding carboxylic acids is 1. The maximum absolute atomic E-state index is 12.0. The Labute approximate surface area is 143 Å². The van der Waals surface area contributed by atoms with E-state index in [1.165, 1.54) is 0 Å². The predicted molar refractivity (Wildman–Crippen MR) is 89.2 cm³/mol. The molecule has 2 aromatic rings. The van der Waals surface area contributed by atoms with Crippen molar-refractivity contribution in [1.29, 1.82) is 0 Å². The topological polar surface area (TPSA) is 112 Å². The second kappa shape index (κ2) is 6.94. The minimum Gasteiger partial charge on any atom is -0.479 e. The molecule has 0 bridgehead atoms. The molecule has 0 aliphatic rings. The summed E-state index contributed by atoms with van der Waals surface area (Å²) in [6, 6.07) is 7.78. The van der Waals surface area contributed by atoms with Crippen LogP contribution in [0.4, 0.5) is 10.5 Å². The Hall–Kier alpha value is -2.51. The molecule has 0 spiro atoms. The van der Waals surface area contributed by atoms with Gasteiger partial charge in [0.25, 0.3) is 0 Å². The molecule has 0 saturated heterocycles. The number of nitrogens with one attached hydrogen (secondary N) is 2. The van der Waals surface area contributed by atoms with Gasteiger partial charge in [0.2, 0.25) is 0 Å². The molecule has 0 aliphatic heterocycles. The van der Waals surface area contributed by atoms with E-state index in [2.05, 4.69) is 10.6 Å². The molecule has 1 unspecified atom stereocenters. The van der Waals surface area contributed by atoms with Crippen LogP contribution in [0.1, 0.15) is 12.7 Å². The summed E-state index contributed by atoms with van der Waals surface area (Å²) in [7, 11) is 0. The Kier molecular flexibility index (Phi) is 5.16. The molecule has 2 amide bonds. The lowest BCUT2D eigenvalue weighted by molar-refractivity contribution is -0.155. The van der Waals surface area contributed by atoms with Gasteiger partial charge in [-0.1, -0.05) is 11.6 Å². The summed E-state index contributed by atoms with van der Waals surface area (Å²) in [4.78, 5) is 22.8. The summed E-state index contributed by atoms with van der Waals surface area (Å²) in [6.45, 7) is 2.43. The van der Waals surface area contributed by atoms with Crippen molar-refractivity contribution in [2.75, 3.05) is 11.9 Å². The predicted octanol–water partition coefficient (Wildman–Crippen LogP) is 2.87. The normalized spacial score (nSPS) is 13.2. The number of benzene rings is 1. The van der Waals surface area contributed by atoms with E-state index in [1.54, 1.807) is 37.3 Å². The number of halogens is 1. The fraction of sp³-hybridized carbons (Fsp3) is 0.250. The monoisotopic (exact) mass is 352 g/mol. The Balaban J connectivity index is 2.16. The number of aliphatic hydroxyl groups is 1. The first-order chi connectivity index (χ1) is 11.2. The van der Waals surface area contributed by atoms with E-state index in [9.17, 15) is 14.7 Å². The second-order valence-corrected chi connectivity index (χ2v) is 5.92. The average molecular weight is 353 g/mol. The Morgan fingerprint density at radius 1 is 1.29 bits per heavy atom. The van der Waals surface area contributed by atoms with E-state index in [0.29, 0.717) is 27.8 Å². The van der Waals surface area contributed by atoms with Crippen LogP contribution in [-0.2, 0) is 4.79 Å². The molecule has 8 heteroatoms. The van der Waals surface area contributed by atoms with Gasteiger partial charge in [-0.2, -0.15) is 0 Å². The van der Waals surface area contributed by atoms with Crippen molar-refractivity contribution in [3.05, 3.63) is 41.1 Å². The van der Waals surface area contributed by atoms with Crippen molar-refractivity contribution in [3.8, 4) is 11.3 Å². The first kappa shape index (κ1) is 17.8. The van der Waals surface area contributed by atoms with Crippen molar-refractivity contribution < 1.29 is 24.2 Å². The molecule has 7 nitrogen and oxygen atoms in total. The van der Waals surface area contributed by atoms with Gasteiger partial charge in [0.15, 0.2) is 5.60 Å². The fourth-order valence-electron chi connectivity index (χ4n) is 1.91. The molecular weight excluding hydrogens is 336 g/mol. The molecule has 24 heavy (non-hydrogen) atoms. The molecule has 1 heterocycles. The quantitative estimate of drug-likeness (QED) is 0.661. The summed E-state index contributed by atoms with van der Waals surface area (Å²) >= 11 is 5.96. The SMILES string of the molecule is Cc1ccc(-c2ccc(Cl)cc2NC(=O)NCC(C)(O)C(=O)O)o1. The van der Waals surface area contributed by atoms with E-state index in [-0.39, 0.29) is 0 Å². The molecule has 4 N–H and O–H groups in total. The number of carboxylic acid groups (broad SMARTS) is 1. The molecule has 0 fully saturated rings. The molecule has 1 aromatic carbocycles. The summed E-state index contributed by atoms with van der Waals surface area (Å²) < 4.78 is 5.54. The van der Waals surface area contributed by atoms with Crippen LogP contribution in [0.2, 0.25) is 5.02 Å². The molecule has 0 radical (unpaired) electrons. The standard InChI is InChI=1S/C16H17ClN2O5/c1-9-3-6-13(24-9)11-5-4-10(17)7-12(11)19-15(22)18-8-16(2,23)14(20)21/h3-7,23H,8H2,1-2H3,(H,20,21)(H2,18,19,22). The van der Waals surface area contributed by atoms with E-state index in [1.807, 2.05) is 0 Å². The number of carbonyl (C=O) groups is 2. The fourth-order valence-corrected chi connectivity index (χ4v) is 2.08. The average Bonchev–Trinajstić information content (AvgIpc) is 2.91. The van der Waals surface area contributed by atoms with Crippen LogP contribution >= 0.6 is 11.6 Å². The minimum absolute atomic E-state index is 0.393. The van der Waals surface area contributed by atoms with Gasteiger partial charge in [0, 0.05) is 10.6 Å². The highest BCUT2D eigenvalue weighted by Crippen LogP contribution is 2.31. The van der Waals surface area contributed by atoms with Gasteiger partial charge in [-0.05, 0) is 44.2 Å². The number of aryl methyl sites for hydroxylation is 1. The van der Waals surface area contributed by atoms with E-state index >= 15 is 0 Å².